The van der Waals surface area contributed by atoms with Gasteiger partial charge in [-0.15, -0.1) is 0 Å². The summed E-state index contributed by atoms with van der Waals surface area (Å²) in [6, 6.07) is 9.86. The van der Waals surface area contributed by atoms with Gasteiger partial charge in [-0.3, -0.25) is 0 Å². The first-order chi connectivity index (χ1) is 14.2. The average molecular weight is 408 g/mol. The van der Waals surface area contributed by atoms with Crippen molar-refractivity contribution >= 4 is 0 Å². The van der Waals surface area contributed by atoms with E-state index in [2.05, 4.69) is 12.2 Å². The lowest BCUT2D eigenvalue weighted by Gasteiger charge is -2.27. The number of nitrogens with one attached hydrogen (secondary N) is 1. The quantitative estimate of drug-likeness (QED) is 0.245. The normalized spacial score (nSPS) is 14.6. The maximum atomic E-state index is 10.4. The highest BCUT2D eigenvalue weighted by atomic mass is 16.4. The fraction of sp³-hybridized carbons (Fsp3) is 0.760. The van der Waals surface area contributed by atoms with Gasteiger partial charge in [0.05, 0.1) is 12.7 Å². The van der Waals surface area contributed by atoms with Gasteiger partial charge in [-0.05, 0) is 12.0 Å². The maximum absolute atomic E-state index is 10.4. The molecule has 168 valence electrons. The van der Waals surface area contributed by atoms with E-state index in [1.54, 1.807) is 0 Å². The molecular formula is C25H45NO3. The highest BCUT2D eigenvalue weighted by molar-refractivity contribution is 5.14. The van der Waals surface area contributed by atoms with Crippen LogP contribution in [0.3, 0.4) is 0 Å². The topological polar surface area (TPSA) is 72.7 Å². The van der Waals surface area contributed by atoms with E-state index in [0.29, 0.717) is 6.54 Å². The smallest absolute Gasteiger partial charge is 0.104 e. The highest BCUT2D eigenvalue weighted by Gasteiger charge is 2.25. The molecule has 29 heavy (non-hydrogen) atoms. The molecule has 3 atom stereocenters. The Kier molecular flexibility index (Phi) is 16.1. The predicted octanol–water partition coefficient (Wildman–Crippen LogP) is 4.95. The molecule has 0 heterocycles. The molecule has 0 amide bonds. The fourth-order valence-electron chi connectivity index (χ4n) is 3.82. The monoisotopic (exact) mass is 407 g/mol. The molecule has 1 aromatic rings. The molecule has 0 saturated heterocycles. The zero-order valence-electron chi connectivity index (χ0n) is 18.6. The summed E-state index contributed by atoms with van der Waals surface area (Å²) in [6.07, 6.45) is 14.4. The maximum Gasteiger partial charge on any atom is 0.104 e. The summed E-state index contributed by atoms with van der Waals surface area (Å²) in [5, 5.41) is 32.7. The number of aliphatic hydroxyl groups excluding tert-OH is 3. The fourth-order valence-corrected chi connectivity index (χ4v) is 3.82. The van der Waals surface area contributed by atoms with Gasteiger partial charge in [0, 0.05) is 12.6 Å². The van der Waals surface area contributed by atoms with Crippen molar-refractivity contribution in [2.24, 2.45) is 0 Å². The van der Waals surface area contributed by atoms with Crippen molar-refractivity contribution in [3.8, 4) is 0 Å². The van der Waals surface area contributed by atoms with Crippen LogP contribution in [0.4, 0.5) is 0 Å². The summed E-state index contributed by atoms with van der Waals surface area (Å²) in [5.74, 6) is 0. The molecule has 0 aliphatic rings. The third-order valence-electron chi connectivity index (χ3n) is 5.77. The summed E-state index contributed by atoms with van der Waals surface area (Å²) < 4.78 is 0. The van der Waals surface area contributed by atoms with E-state index in [1.807, 2.05) is 30.3 Å². The third kappa shape index (κ3) is 13.1. The number of rotatable bonds is 19. The highest BCUT2D eigenvalue weighted by Crippen LogP contribution is 2.15. The van der Waals surface area contributed by atoms with Crippen molar-refractivity contribution in [2.45, 2.75) is 115 Å². The zero-order chi connectivity index (χ0) is 21.2. The van der Waals surface area contributed by atoms with Crippen molar-refractivity contribution < 1.29 is 15.3 Å². The van der Waals surface area contributed by atoms with Crippen LogP contribution in [0.5, 0.6) is 0 Å². The molecular weight excluding hydrogens is 362 g/mol. The molecule has 0 aliphatic heterocycles. The molecule has 0 aliphatic carbocycles. The second kappa shape index (κ2) is 17.9. The minimum absolute atomic E-state index is 0.208. The van der Waals surface area contributed by atoms with Crippen molar-refractivity contribution in [1.29, 1.82) is 0 Å². The first-order valence-corrected chi connectivity index (χ1v) is 11.9. The molecule has 0 unspecified atom stereocenters. The van der Waals surface area contributed by atoms with Gasteiger partial charge in [-0.2, -0.15) is 0 Å². The van der Waals surface area contributed by atoms with E-state index in [4.69, 9.17) is 0 Å². The van der Waals surface area contributed by atoms with Gasteiger partial charge in [0.25, 0.3) is 0 Å². The molecule has 1 aromatic carbocycles. The van der Waals surface area contributed by atoms with Crippen LogP contribution in [0, 0.1) is 0 Å². The summed E-state index contributed by atoms with van der Waals surface area (Å²) in [7, 11) is 0. The molecule has 4 N–H and O–H groups in total. The Morgan fingerprint density at radius 3 is 1.79 bits per heavy atom. The summed E-state index contributed by atoms with van der Waals surface area (Å²) in [6.45, 7) is 2.50. The molecule has 0 saturated carbocycles. The van der Waals surface area contributed by atoms with Crippen molar-refractivity contribution in [1.82, 2.24) is 5.32 Å². The number of unbranched alkanes of at least 4 members (excludes halogenated alkanes) is 11. The van der Waals surface area contributed by atoms with Gasteiger partial charge in [0.2, 0.25) is 0 Å². The number of aliphatic hydroxyl groups is 3. The van der Waals surface area contributed by atoms with E-state index < -0.39 is 18.8 Å². The van der Waals surface area contributed by atoms with E-state index in [0.717, 1.165) is 24.8 Å². The third-order valence-corrected chi connectivity index (χ3v) is 5.77. The standard InChI is InChI=1S/C25H45NO3/c1-2-3-4-5-6-7-8-9-10-11-12-16-19-23(25(29)24(28)21-27)26-20-22-17-14-13-15-18-22/h13-15,17-18,23-29H,2-12,16,19-21H2,1H3/t23-,24+,25-/m1/s1. The molecule has 0 radical (unpaired) electrons. The lowest BCUT2D eigenvalue weighted by Crippen LogP contribution is -2.47. The Hall–Kier alpha value is -0.940. The van der Waals surface area contributed by atoms with Crippen LogP contribution in [0.1, 0.15) is 96.0 Å². The van der Waals surface area contributed by atoms with Gasteiger partial charge in [0.1, 0.15) is 6.10 Å². The Morgan fingerprint density at radius 2 is 1.28 bits per heavy atom. The van der Waals surface area contributed by atoms with Crippen LogP contribution in [-0.2, 0) is 6.54 Å². The lowest BCUT2D eigenvalue weighted by molar-refractivity contribution is -0.0340. The first-order valence-electron chi connectivity index (χ1n) is 11.9. The predicted molar refractivity (Wildman–Crippen MR) is 122 cm³/mol. The van der Waals surface area contributed by atoms with E-state index in [1.165, 1.54) is 64.2 Å². The van der Waals surface area contributed by atoms with E-state index >= 15 is 0 Å². The van der Waals surface area contributed by atoms with Crippen molar-refractivity contribution in [2.75, 3.05) is 6.61 Å². The van der Waals surface area contributed by atoms with Crippen molar-refractivity contribution in [3.63, 3.8) is 0 Å². The van der Waals surface area contributed by atoms with E-state index in [9.17, 15) is 15.3 Å². The first kappa shape index (κ1) is 26.1. The Labute approximate surface area is 178 Å². The second-order valence-corrected chi connectivity index (χ2v) is 8.39. The van der Waals surface area contributed by atoms with Gasteiger partial charge in [0.15, 0.2) is 0 Å². The minimum atomic E-state index is -1.10. The van der Waals surface area contributed by atoms with Crippen molar-refractivity contribution in [3.05, 3.63) is 35.9 Å². The van der Waals surface area contributed by atoms with Crippen LogP contribution in [-0.4, -0.2) is 40.2 Å². The Bertz CT molecular complexity index is 468. The molecule has 1 rings (SSSR count). The zero-order valence-corrected chi connectivity index (χ0v) is 18.6. The largest absolute Gasteiger partial charge is 0.394 e. The summed E-state index contributed by atoms with van der Waals surface area (Å²) in [5.41, 5.74) is 1.15. The van der Waals surface area contributed by atoms with E-state index in [-0.39, 0.29) is 6.04 Å². The number of hydrogen-bond acceptors (Lipinski definition) is 4. The molecule has 0 spiro atoms. The summed E-state index contributed by atoms with van der Waals surface area (Å²) >= 11 is 0. The molecule has 0 aromatic heterocycles. The molecule has 4 nitrogen and oxygen atoms in total. The molecule has 4 heteroatoms. The van der Waals surface area contributed by atoms with Gasteiger partial charge < -0.3 is 20.6 Å². The second-order valence-electron chi connectivity index (χ2n) is 8.39. The van der Waals surface area contributed by atoms with Crippen LogP contribution in [0.2, 0.25) is 0 Å². The van der Waals surface area contributed by atoms with Crippen LogP contribution in [0.25, 0.3) is 0 Å². The Balaban J connectivity index is 2.16. The molecule has 0 fully saturated rings. The molecule has 0 bridgehead atoms. The van der Waals surface area contributed by atoms with Gasteiger partial charge in [-0.25, -0.2) is 0 Å². The average Bonchev–Trinajstić information content (AvgIpc) is 2.76. The Morgan fingerprint density at radius 1 is 0.759 bits per heavy atom. The van der Waals surface area contributed by atoms with Crippen LogP contribution < -0.4 is 5.32 Å². The minimum Gasteiger partial charge on any atom is -0.394 e. The lowest BCUT2D eigenvalue weighted by atomic mass is 9.98. The van der Waals surface area contributed by atoms with Gasteiger partial charge >= 0.3 is 0 Å². The SMILES string of the molecule is CCCCCCCCCCCCCC[C@@H](NCc1ccccc1)[C@@H](O)[C@@H](O)CO. The van der Waals surface area contributed by atoms with Gasteiger partial charge in [-0.1, -0.05) is 114 Å². The number of benzene rings is 1. The summed E-state index contributed by atoms with van der Waals surface area (Å²) in [4.78, 5) is 0. The number of hydrogen-bond donors (Lipinski definition) is 4. The van der Waals surface area contributed by atoms with Crippen LogP contribution in [0.15, 0.2) is 30.3 Å². The van der Waals surface area contributed by atoms with Crippen LogP contribution >= 0.6 is 0 Å².